The van der Waals surface area contributed by atoms with Gasteiger partial charge in [0.1, 0.15) is 17.0 Å². The molecule has 4 rings (SSSR count). The molecule has 3 nitrogen and oxygen atoms in total. The number of fused-ring (bicyclic) bond motifs is 2. The normalized spacial score (nSPS) is 9.00. The van der Waals surface area contributed by atoms with Gasteiger partial charge in [0.15, 0.2) is 0 Å². The van der Waals surface area contributed by atoms with E-state index < -0.39 is 0 Å². The number of aryl methyl sites for hydroxylation is 1. The van der Waals surface area contributed by atoms with Crippen LogP contribution in [-0.2, 0) is 0 Å². The van der Waals surface area contributed by atoms with Crippen molar-refractivity contribution in [3.63, 3.8) is 0 Å². The molecule has 1 heterocycles. The second-order valence-electron chi connectivity index (χ2n) is 6.04. The number of pyridine rings is 1. The Morgan fingerprint density at radius 3 is 1.93 bits per heavy atom. The van der Waals surface area contributed by atoms with Crippen molar-refractivity contribution >= 4 is 21.7 Å². The minimum atomic E-state index is 0. The van der Waals surface area contributed by atoms with Crippen molar-refractivity contribution in [3.05, 3.63) is 78.5 Å². The number of hydrogen-bond donors (Lipinski definition) is 2. The number of benzene rings is 3. The Morgan fingerprint density at radius 2 is 1.28 bits per heavy atom. The number of nitrogens with zero attached hydrogens (tertiary/aromatic N) is 1. The van der Waals surface area contributed by atoms with Gasteiger partial charge in [-0.1, -0.05) is 90.1 Å². The van der Waals surface area contributed by atoms with Crippen LogP contribution in [0.3, 0.4) is 0 Å². The maximum Gasteiger partial charge on any atom is 0.141 e. The van der Waals surface area contributed by atoms with E-state index >= 15 is 0 Å². The fourth-order valence-electron chi connectivity index (χ4n) is 2.41. The second-order valence-corrected chi connectivity index (χ2v) is 6.04. The van der Waals surface area contributed by atoms with Gasteiger partial charge >= 0.3 is 0 Å². The van der Waals surface area contributed by atoms with Crippen molar-refractivity contribution in [1.29, 1.82) is 0 Å². The van der Waals surface area contributed by atoms with Gasteiger partial charge in [0, 0.05) is 11.1 Å². The van der Waals surface area contributed by atoms with Crippen LogP contribution in [0.2, 0.25) is 0 Å². The van der Waals surface area contributed by atoms with Crippen LogP contribution in [-0.4, -0.2) is 15.2 Å². The van der Waals surface area contributed by atoms with Crippen molar-refractivity contribution in [2.45, 2.75) is 48.5 Å². The lowest BCUT2D eigenvalue weighted by Crippen LogP contribution is -1.82. The van der Waals surface area contributed by atoms with Gasteiger partial charge in [-0.25, -0.2) is 4.98 Å². The van der Waals surface area contributed by atoms with Gasteiger partial charge in [0.2, 0.25) is 0 Å². The van der Waals surface area contributed by atoms with Crippen LogP contribution >= 0.6 is 0 Å². The molecule has 0 fully saturated rings. The lowest BCUT2D eigenvalue weighted by molar-refractivity contribution is 0.476. The van der Waals surface area contributed by atoms with Crippen LogP contribution in [0.5, 0.6) is 11.5 Å². The molecular formula is C26H35NO2. The lowest BCUT2D eigenvalue weighted by atomic mass is 10.1. The molecule has 3 heteroatoms. The van der Waals surface area contributed by atoms with E-state index in [-0.39, 0.29) is 13.2 Å². The molecule has 0 atom stereocenters. The summed E-state index contributed by atoms with van der Waals surface area (Å²) in [5, 5.41) is 21.8. The Hall–Kier alpha value is -3.07. The molecule has 0 amide bonds. The Kier molecular flexibility index (Phi) is 12.5. The molecule has 2 N–H and O–H groups in total. The summed E-state index contributed by atoms with van der Waals surface area (Å²) in [7, 11) is 0. The highest BCUT2D eigenvalue weighted by Gasteiger charge is 1.99. The van der Waals surface area contributed by atoms with Crippen LogP contribution in [0.25, 0.3) is 21.7 Å². The molecule has 0 bridgehead atoms. The average Bonchev–Trinajstić information content (AvgIpc) is 2.71. The van der Waals surface area contributed by atoms with E-state index in [4.69, 9.17) is 5.11 Å². The Labute approximate surface area is 175 Å². The van der Waals surface area contributed by atoms with Crippen molar-refractivity contribution in [2.24, 2.45) is 0 Å². The first-order valence-electron chi connectivity index (χ1n) is 9.78. The van der Waals surface area contributed by atoms with Gasteiger partial charge in [-0.3, -0.25) is 0 Å². The molecule has 4 aromatic rings. The van der Waals surface area contributed by atoms with Crippen LogP contribution in [0.1, 0.15) is 47.2 Å². The summed E-state index contributed by atoms with van der Waals surface area (Å²) in [6.07, 6.45) is 1.25. The predicted octanol–water partition coefficient (Wildman–Crippen LogP) is 7.87. The Bertz CT molecular complexity index is 980. The topological polar surface area (TPSA) is 53.4 Å². The molecule has 0 aliphatic carbocycles. The third kappa shape index (κ3) is 8.22. The summed E-state index contributed by atoms with van der Waals surface area (Å²) >= 11 is 0. The summed E-state index contributed by atoms with van der Waals surface area (Å²) in [6.45, 7) is 10.2. The van der Waals surface area contributed by atoms with E-state index in [1.165, 1.54) is 6.42 Å². The largest absolute Gasteiger partial charge is 0.508 e. The number of aromatic nitrogens is 1. The van der Waals surface area contributed by atoms with Crippen molar-refractivity contribution < 1.29 is 10.2 Å². The van der Waals surface area contributed by atoms with Gasteiger partial charge in [0.25, 0.3) is 0 Å². The molecule has 0 saturated heterocycles. The second kappa shape index (κ2) is 14.0. The van der Waals surface area contributed by atoms with Gasteiger partial charge in [-0.15, -0.1) is 0 Å². The van der Waals surface area contributed by atoms with Gasteiger partial charge in [-0.2, -0.15) is 0 Å². The standard InChI is InChI=1S/C10H9NO.C10H8O.C3H8.C2H6.CH4/c1-7-5-6-8-3-2-4-9(12)10(8)11-7;11-10-6-5-8-3-1-2-4-9(8)7-10;1-3-2;1-2;/h2-6,12H,1H3;1-7,11H;3H2,1-2H3;1-2H3;1H4. The summed E-state index contributed by atoms with van der Waals surface area (Å²) < 4.78 is 0. The van der Waals surface area contributed by atoms with Crippen molar-refractivity contribution in [3.8, 4) is 11.5 Å². The molecule has 0 unspecified atom stereocenters. The van der Waals surface area contributed by atoms with Gasteiger partial charge in [-0.05, 0) is 42.0 Å². The third-order valence-electron chi connectivity index (χ3n) is 3.57. The van der Waals surface area contributed by atoms with Crippen LogP contribution in [0, 0.1) is 6.92 Å². The van der Waals surface area contributed by atoms with Crippen LogP contribution in [0.15, 0.2) is 72.8 Å². The number of aromatic hydroxyl groups is 2. The zero-order valence-electron chi connectivity index (χ0n) is 17.5. The number of phenolic OH excluding ortho intramolecular Hbond substituents is 2. The molecule has 3 aromatic carbocycles. The Balaban J connectivity index is 0.000000433. The number of phenols is 2. The highest BCUT2D eigenvalue weighted by atomic mass is 16.3. The van der Waals surface area contributed by atoms with E-state index in [2.05, 4.69) is 18.8 Å². The molecule has 1 aromatic heterocycles. The monoisotopic (exact) mass is 393 g/mol. The minimum absolute atomic E-state index is 0. The third-order valence-corrected chi connectivity index (χ3v) is 3.57. The Morgan fingerprint density at radius 1 is 0.724 bits per heavy atom. The van der Waals surface area contributed by atoms with Crippen LogP contribution < -0.4 is 0 Å². The van der Waals surface area contributed by atoms with E-state index in [0.29, 0.717) is 11.3 Å². The maximum atomic E-state index is 9.43. The van der Waals surface area contributed by atoms with E-state index in [1.807, 2.05) is 75.4 Å². The smallest absolute Gasteiger partial charge is 0.141 e. The van der Waals surface area contributed by atoms with Crippen LogP contribution in [0.4, 0.5) is 0 Å². The van der Waals surface area contributed by atoms with E-state index in [0.717, 1.165) is 21.9 Å². The van der Waals surface area contributed by atoms with E-state index in [9.17, 15) is 5.11 Å². The molecule has 0 saturated carbocycles. The molecule has 156 valence electrons. The first-order chi connectivity index (χ1) is 13.5. The average molecular weight is 394 g/mol. The number of para-hydroxylation sites is 1. The quantitative estimate of drug-likeness (QED) is 0.319. The molecule has 0 spiro atoms. The first kappa shape index (κ1) is 25.9. The van der Waals surface area contributed by atoms with Gasteiger partial charge < -0.3 is 10.2 Å². The SMILES string of the molecule is C.CC.CCC.Cc1ccc2cccc(O)c2n1.Oc1ccc2ccccc2c1. The summed E-state index contributed by atoms with van der Waals surface area (Å²) in [5.74, 6) is 0.569. The number of rotatable bonds is 0. The summed E-state index contributed by atoms with van der Waals surface area (Å²) in [6, 6.07) is 22.6. The molecular weight excluding hydrogens is 358 g/mol. The van der Waals surface area contributed by atoms with Gasteiger partial charge in [0.05, 0.1) is 0 Å². The zero-order valence-corrected chi connectivity index (χ0v) is 17.5. The molecule has 0 radical (unpaired) electrons. The minimum Gasteiger partial charge on any atom is -0.508 e. The number of hydrogen-bond acceptors (Lipinski definition) is 3. The lowest BCUT2D eigenvalue weighted by Gasteiger charge is -1.99. The zero-order chi connectivity index (χ0) is 20.9. The summed E-state index contributed by atoms with van der Waals surface area (Å²) in [5.41, 5.74) is 1.60. The predicted molar refractivity (Wildman–Crippen MR) is 128 cm³/mol. The fourth-order valence-corrected chi connectivity index (χ4v) is 2.41. The van der Waals surface area contributed by atoms with Crippen molar-refractivity contribution in [1.82, 2.24) is 4.98 Å². The maximum absolute atomic E-state index is 9.43. The molecule has 0 aliphatic heterocycles. The fraction of sp³-hybridized carbons (Fsp3) is 0.269. The van der Waals surface area contributed by atoms with E-state index in [1.54, 1.807) is 18.2 Å². The molecule has 29 heavy (non-hydrogen) atoms. The highest BCUT2D eigenvalue weighted by Crippen LogP contribution is 2.22. The molecule has 0 aliphatic rings. The first-order valence-corrected chi connectivity index (χ1v) is 9.78. The summed E-state index contributed by atoms with van der Waals surface area (Å²) in [4.78, 5) is 4.23. The van der Waals surface area contributed by atoms with Crippen molar-refractivity contribution in [2.75, 3.05) is 0 Å². The highest BCUT2D eigenvalue weighted by molar-refractivity contribution is 5.84.